The van der Waals surface area contributed by atoms with Crippen molar-refractivity contribution in [1.29, 1.82) is 0 Å². The zero-order valence-corrected chi connectivity index (χ0v) is 12.8. The molecule has 102 valence electrons. The maximum Gasteiger partial charge on any atom is 0.327 e. The predicted octanol–water partition coefficient (Wildman–Crippen LogP) is 2.21. The van der Waals surface area contributed by atoms with Crippen LogP contribution < -0.4 is 4.90 Å². The van der Waals surface area contributed by atoms with Crippen molar-refractivity contribution in [1.82, 2.24) is 0 Å². The van der Waals surface area contributed by atoms with Crippen LogP contribution in [0.25, 0.3) is 0 Å². The van der Waals surface area contributed by atoms with Crippen LogP contribution in [0.15, 0.2) is 18.2 Å². The van der Waals surface area contributed by atoms with E-state index in [0.29, 0.717) is 18.0 Å². The Bertz CT molecular complexity index is 525. The fourth-order valence-corrected chi connectivity index (χ4v) is 3.50. The van der Waals surface area contributed by atoms with Gasteiger partial charge in [0, 0.05) is 27.7 Å². The molecule has 0 saturated carbocycles. The number of carboxylic acids is 1. The van der Waals surface area contributed by atoms with E-state index in [1.807, 2.05) is 22.6 Å². The molecule has 0 aromatic heterocycles. The van der Waals surface area contributed by atoms with Crippen LogP contribution in [-0.4, -0.2) is 40.1 Å². The first-order chi connectivity index (χ1) is 9.00. The zero-order valence-electron chi connectivity index (χ0n) is 9.78. The number of carbonyl (C=O) groups is 1. The number of hydrogen-bond donors (Lipinski definition) is 1. The third-order valence-electron chi connectivity index (χ3n) is 2.86. The van der Waals surface area contributed by atoms with Crippen molar-refractivity contribution >= 4 is 51.7 Å². The van der Waals surface area contributed by atoms with Crippen molar-refractivity contribution < 1.29 is 14.8 Å². The minimum absolute atomic E-state index is 0.0370. The van der Waals surface area contributed by atoms with Crippen LogP contribution >= 0.6 is 34.4 Å². The van der Waals surface area contributed by atoms with Crippen molar-refractivity contribution in [2.45, 2.75) is 6.04 Å². The Morgan fingerprint density at radius 2 is 2.32 bits per heavy atom. The van der Waals surface area contributed by atoms with Gasteiger partial charge in [-0.05, 0) is 34.7 Å². The lowest BCUT2D eigenvalue weighted by Gasteiger charge is -2.34. The topological polar surface area (TPSA) is 83.7 Å². The largest absolute Gasteiger partial charge is 0.480 e. The number of nitro benzene ring substituents is 1. The lowest BCUT2D eigenvalue weighted by molar-refractivity contribution is -0.384. The van der Waals surface area contributed by atoms with Crippen LogP contribution in [0.3, 0.4) is 0 Å². The van der Waals surface area contributed by atoms with E-state index in [9.17, 15) is 20.0 Å². The number of carboxylic acid groups (broad SMARTS) is 1. The highest BCUT2D eigenvalue weighted by molar-refractivity contribution is 14.1. The van der Waals surface area contributed by atoms with Gasteiger partial charge >= 0.3 is 5.97 Å². The quantitative estimate of drug-likeness (QED) is 0.481. The summed E-state index contributed by atoms with van der Waals surface area (Å²) < 4.78 is 0.756. The van der Waals surface area contributed by atoms with E-state index in [0.717, 1.165) is 9.32 Å². The van der Waals surface area contributed by atoms with Gasteiger partial charge in [-0.1, -0.05) is 0 Å². The number of rotatable bonds is 3. The predicted molar refractivity (Wildman–Crippen MR) is 81.9 cm³/mol. The number of hydrogen-bond acceptors (Lipinski definition) is 5. The number of thioether (sulfide) groups is 1. The molecule has 1 aromatic carbocycles. The Morgan fingerprint density at radius 3 is 2.95 bits per heavy atom. The Balaban J connectivity index is 2.44. The Morgan fingerprint density at radius 1 is 1.58 bits per heavy atom. The number of nitro groups is 1. The van der Waals surface area contributed by atoms with Crippen LogP contribution in [0.4, 0.5) is 11.4 Å². The first-order valence-corrected chi connectivity index (χ1v) is 7.75. The Kier molecular flexibility index (Phi) is 4.50. The molecule has 0 bridgehead atoms. The molecule has 1 aliphatic heterocycles. The molecular weight excluding hydrogens is 383 g/mol. The van der Waals surface area contributed by atoms with Gasteiger partial charge in [0.2, 0.25) is 0 Å². The highest BCUT2D eigenvalue weighted by Crippen LogP contribution is 2.33. The van der Waals surface area contributed by atoms with E-state index in [4.69, 9.17) is 0 Å². The summed E-state index contributed by atoms with van der Waals surface area (Å²) in [4.78, 5) is 23.5. The van der Waals surface area contributed by atoms with Gasteiger partial charge in [-0.15, -0.1) is 0 Å². The normalized spacial score (nSPS) is 19.2. The van der Waals surface area contributed by atoms with Gasteiger partial charge < -0.3 is 10.0 Å². The second kappa shape index (κ2) is 5.95. The summed E-state index contributed by atoms with van der Waals surface area (Å²) >= 11 is 3.55. The van der Waals surface area contributed by atoms with Crippen LogP contribution in [0.2, 0.25) is 0 Å². The molecule has 1 saturated heterocycles. The molecule has 0 radical (unpaired) electrons. The van der Waals surface area contributed by atoms with Crippen molar-refractivity contribution in [3.63, 3.8) is 0 Å². The van der Waals surface area contributed by atoms with Crippen LogP contribution in [0.1, 0.15) is 0 Å². The third-order valence-corrected chi connectivity index (χ3v) is 4.55. The van der Waals surface area contributed by atoms with Gasteiger partial charge in [-0.3, -0.25) is 10.1 Å². The third kappa shape index (κ3) is 3.11. The van der Waals surface area contributed by atoms with Crippen LogP contribution in [0, 0.1) is 13.7 Å². The standard InChI is InChI=1S/C11H11IN2O4S/c12-7-1-2-8(9(5-7)14(17)18)13-3-4-19-6-10(13)11(15)16/h1-2,5,10H,3-4,6H2,(H,15,16). The first kappa shape index (κ1) is 14.4. The molecule has 1 aromatic rings. The number of aliphatic carboxylic acids is 1. The van der Waals surface area contributed by atoms with Gasteiger partial charge in [-0.25, -0.2) is 4.79 Å². The van der Waals surface area contributed by atoms with E-state index in [-0.39, 0.29) is 5.69 Å². The molecule has 2 rings (SSSR count). The molecular formula is C11H11IN2O4S. The summed E-state index contributed by atoms with van der Waals surface area (Å²) in [5, 5.41) is 20.3. The summed E-state index contributed by atoms with van der Waals surface area (Å²) in [7, 11) is 0. The van der Waals surface area contributed by atoms with Crippen molar-refractivity contribution in [3.05, 3.63) is 31.9 Å². The molecule has 8 heteroatoms. The minimum atomic E-state index is -0.944. The van der Waals surface area contributed by atoms with Crippen LogP contribution in [-0.2, 0) is 4.79 Å². The first-order valence-electron chi connectivity index (χ1n) is 5.52. The zero-order chi connectivity index (χ0) is 14.0. The molecule has 0 aliphatic carbocycles. The fraction of sp³-hybridized carbons (Fsp3) is 0.364. The second-order valence-corrected chi connectivity index (χ2v) is 6.41. The molecule has 0 spiro atoms. The molecule has 1 heterocycles. The highest BCUT2D eigenvalue weighted by Gasteiger charge is 2.32. The lowest BCUT2D eigenvalue weighted by atomic mass is 10.2. The summed E-state index contributed by atoms with van der Waals surface area (Å²) in [6, 6.07) is 4.14. The maximum atomic E-state index is 11.3. The summed E-state index contributed by atoms with van der Waals surface area (Å²) in [5.41, 5.74) is 0.350. The Hall–Kier alpha value is -1.03. The molecule has 0 amide bonds. The SMILES string of the molecule is O=C(O)C1CSCCN1c1ccc(I)cc1[N+](=O)[O-]. The van der Waals surface area contributed by atoms with Gasteiger partial charge in [0.1, 0.15) is 11.7 Å². The van der Waals surface area contributed by atoms with Gasteiger partial charge in [0.05, 0.1) is 4.92 Å². The fourth-order valence-electron chi connectivity index (χ4n) is 1.98. The molecule has 1 N–H and O–H groups in total. The lowest BCUT2D eigenvalue weighted by Crippen LogP contribution is -2.47. The van der Waals surface area contributed by atoms with Crippen molar-refractivity contribution in [2.24, 2.45) is 0 Å². The minimum Gasteiger partial charge on any atom is -0.480 e. The van der Waals surface area contributed by atoms with Crippen molar-refractivity contribution in [2.75, 3.05) is 23.0 Å². The Labute approximate surface area is 127 Å². The van der Waals surface area contributed by atoms with Gasteiger partial charge in [0.25, 0.3) is 5.69 Å². The van der Waals surface area contributed by atoms with E-state index >= 15 is 0 Å². The summed E-state index contributed by atoms with van der Waals surface area (Å²) in [6.45, 7) is 0.503. The molecule has 1 aliphatic rings. The van der Waals surface area contributed by atoms with Gasteiger partial charge in [-0.2, -0.15) is 11.8 Å². The summed E-state index contributed by atoms with van der Waals surface area (Å²) in [5.74, 6) is 0.269. The van der Waals surface area contributed by atoms with Crippen LogP contribution in [0.5, 0.6) is 0 Å². The average Bonchev–Trinajstić information content (AvgIpc) is 2.38. The van der Waals surface area contributed by atoms with E-state index < -0.39 is 16.9 Å². The maximum absolute atomic E-state index is 11.3. The van der Waals surface area contributed by atoms with Gasteiger partial charge in [0.15, 0.2) is 0 Å². The van der Waals surface area contributed by atoms with E-state index in [1.165, 1.54) is 6.07 Å². The van der Waals surface area contributed by atoms with E-state index in [2.05, 4.69) is 0 Å². The van der Waals surface area contributed by atoms with E-state index in [1.54, 1.807) is 28.8 Å². The molecule has 1 atom stereocenters. The number of anilines is 1. The van der Waals surface area contributed by atoms with Crippen molar-refractivity contribution in [3.8, 4) is 0 Å². The molecule has 1 fully saturated rings. The summed E-state index contributed by atoms with van der Waals surface area (Å²) in [6.07, 6.45) is 0. The molecule has 19 heavy (non-hydrogen) atoms. The number of benzene rings is 1. The highest BCUT2D eigenvalue weighted by atomic mass is 127. The smallest absolute Gasteiger partial charge is 0.327 e. The second-order valence-electron chi connectivity index (χ2n) is 4.01. The number of nitrogens with zero attached hydrogens (tertiary/aromatic N) is 2. The average molecular weight is 394 g/mol. The molecule has 6 nitrogen and oxygen atoms in total. The number of halogens is 1. The molecule has 1 unspecified atom stereocenters. The monoisotopic (exact) mass is 394 g/mol.